The largest absolute Gasteiger partial charge is 0.342 e. The Hall–Kier alpha value is -0.710. The number of carbonyl (C=O) groups excluding carboxylic acids is 2. The van der Waals surface area contributed by atoms with Crippen molar-refractivity contribution in [3.05, 3.63) is 0 Å². The summed E-state index contributed by atoms with van der Waals surface area (Å²) in [6.45, 7) is 11.4. The van der Waals surface area contributed by atoms with Gasteiger partial charge in [0.1, 0.15) is 0 Å². The summed E-state index contributed by atoms with van der Waals surface area (Å²) in [6, 6.07) is 0. The van der Waals surface area contributed by atoms with E-state index in [9.17, 15) is 9.59 Å². The van der Waals surface area contributed by atoms with Gasteiger partial charge in [0.25, 0.3) is 0 Å². The van der Waals surface area contributed by atoms with Crippen LogP contribution in [0.3, 0.4) is 0 Å². The molecule has 0 bridgehead atoms. The lowest BCUT2D eigenvalue weighted by Gasteiger charge is -2.45. The van der Waals surface area contributed by atoms with Crippen LogP contribution in [0.15, 0.2) is 0 Å². The third-order valence-electron chi connectivity index (χ3n) is 6.53. The van der Waals surface area contributed by atoms with E-state index in [1.54, 1.807) is 0 Å². The first-order valence-electron chi connectivity index (χ1n) is 10.9. The minimum atomic E-state index is -0.0342. The second-order valence-corrected chi connectivity index (χ2v) is 11.7. The molecule has 0 aromatic heterocycles. The molecule has 0 unspecified atom stereocenters. The summed E-state index contributed by atoms with van der Waals surface area (Å²) < 4.78 is 0. The molecule has 27 heavy (non-hydrogen) atoms. The van der Waals surface area contributed by atoms with E-state index in [0.717, 1.165) is 57.5 Å². The van der Waals surface area contributed by atoms with Crippen molar-refractivity contribution in [1.29, 1.82) is 0 Å². The first-order valence-corrected chi connectivity index (χ1v) is 11.9. The molecule has 1 atom stereocenters. The Morgan fingerprint density at radius 1 is 1.11 bits per heavy atom. The highest BCUT2D eigenvalue weighted by Gasteiger charge is 2.48. The Morgan fingerprint density at radius 2 is 1.74 bits per heavy atom. The van der Waals surface area contributed by atoms with Crippen LogP contribution in [0.2, 0.25) is 0 Å². The Labute approximate surface area is 169 Å². The van der Waals surface area contributed by atoms with Gasteiger partial charge in [0.15, 0.2) is 0 Å². The summed E-state index contributed by atoms with van der Waals surface area (Å²) in [5.74, 6) is 2.44. The molecule has 1 saturated carbocycles. The van der Waals surface area contributed by atoms with Crippen molar-refractivity contribution in [1.82, 2.24) is 9.80 Å². The number of hydrogen-bond donors (Lipinski definition) is 0. The standard InChI is InChI=1S/C22H38N2O2S/c1-17(16-21(2,3)4)15-19(25)23-11-9-22(10-12-23)24(13-14-27-22)20(26)18-7-5-6-8-18/h17-18H,5-16H2,1-4H3/t17-/m1/s1. The summed E-state index contributed by atoms with van der Waals surface area (Å²) in [5.41, 5.74) is 0.271. The normalized spacial score (nSPS) is 24.6. The van der Waals surface area contributed by atoms with Gasteiger partial charge in [-0.05, 0) is 43.4 Å². The molecule has 4 nitrogen and oxygen atoms in total. The van der Waals surface area contributed by atoms with Gasteiger partial charge in [-0.1, -0.05) is 40.5 Å². The number of likely N-dealkylation sites (tertiary alicyclic amines) is 1. The van der Waals surface area contributed by atoms with Gasteiger partial charge in [-0.15, -0.1) is 11.8 Å². The number of carbonyl (C=O) groups is 2. The molecule has 2 aliphatic heterocycles. The number of rotatable bonds is 4. The molecule has 1 aliphatic carbocycles. The number of hydrogen-bond acceptors (Lipinski definition) is 3. The molecule has 0 N–H and O–H groups in total. The lowest BCUT2D eigenvalue weighted by Crippen LogP contribution is -2.54. The fourth-order valence-electron chi connectivity index (χ4n) is 5.38. The quantitative estimate of drug-likeness (QED) is 0.703. The van der Waals surface area contributed by atoms with Crippen LogP contribution in [-0.2, 0) is 9.59 Å². The molecule has 2 amide bonds. The maximum Gasteiger partial charge on any atom is 0.226 e. The highest BCUT2D eigenvalue weighted by Crippen LogP contribution is 2.45. The van der Waals surface area contributed by atoms with E-state index < -0.39 is 0 Å². The summed E-state index contributed by atoms with van der Waals surface area (Å²) in [4.78, 5) is 30.0. The molecule has 0 radical (unpaired) electrons. The van der Waals surface area contributed by atoms with Gasteiger partial charge >= 0.3 is 0 Å². The summed E-state index contributed by atoms with van der Waals surface area (Å²) in [7, 11) is 0. The van der Waals surface area contributed by atoms with Gasteiger partial charge in [-0.3, -0.25) is 9.59 Å². The number of amides is 2. The molecule has 2 heterocycles. The topological polar surface area (TPSA) is 40.6 Å². The smallest absolute Gasteiger partial charge is 0.226 e. The first kappa shape index (κ1) is 21.0. The highest BCUT2D eigenvalue weighted by atomic mass is 32.2. The van der Waals surface area contributed by atoms with Gasteiger partial charge in [0.2, 0.25) is 11.8 Å². The van der Waals surface area contributed by atoms with E-state index in [1.165, 1.54) is 12.8 Å². The van der Waals surface area contributed by atoms with Crippen LogP contribution in [0, 0.1) is 17.3 Å². The molecule has 3 rings (SSSR count). The molecule has 154 valence electrons. The lowest BCUT2D eigenvalue weighted by atomic mass is 9.84. The minimum absolute atomic E-state index is 0.0342. The molecular formula is C22H38N2O2S. The Morgan fingerprint density at radius 3 is 2.33 bits per heavy atom. The zero-order chi connectivity index (χ0) is 19.7. The van der Waals surface area contributed by atoms with Gasteiger partial charge < -0.3 is 9.80 Å². The predicted octanol–water partition coefficient (Wildman–Crippen LogP) is 4.53. The maximum atomic E-state index is 13.0. The third kappa shape index (κ3) is 5.02. The Kier molecular flexibility index (Phi) is 6.49. The highest BCUT2D eigenvalue weighted by molar-refractivity contribution is 8.00. The minimum Gasteiger partial charge on any atom is -0.342 e. The number of nitrogens with zero attached hydrogens (tertiary/aromatic N) is 2. The third-order valence-corrected chi connectivity index (χ3v) is 8.08. The molecule has 2 saturated heterocycles. The molecule has 0 aromatic rings. The summed E-state index contributed by atoms with van der Waals surface area (Å²) >= 11 is 1.96. The van der Waals surface area contributed by atoms with Crippen LogP contribution in [0.25, 0.3) is 0 Å². The van der Waals surface area contributed by atoms with Gasteiger partial charge in [-0.2, -0.15) is 0 Å². The van der Waals surface area contributed by atoms with E-state index >= 15 is 0 Å². The van der Waals surface area contributed by atoms with E-state index in [2.05, 4.69) is 37.5 Å². The molecular weight excluding hydrogens is 356 g/mol. The zero-order valence-electron chi connectivity index (χ0n) is 17.8. The first-order chi connectivity index (χ1) is 12.7. The van der Waals surface area contributed by atoms with Crippen LogP contribution in [0.4, 0.5) is 0 Å². The van der Waals surface area contributed by atoms with E-state index in [-0.39, 0.29) is 16.2 Å². The number of piperidine rings is 1. The van der Waals surface area contributed by atoms with Crippen LogP contribution >= 0.6 is 11.8 Å². The van der Waals surface area contributed by atoms with Crippen LogP contribution < -0.4 is 0 Å². The fraction of sp³-hybridized carbons (Fsp3) is 0.909. The van der Waals surface area contributed by atoms with Crippen molar-refractivity contribution in [2.75, 3.05) is 25.4 Å². The van der Waals surface area contributed by atoms with Crippen LogP contribution in [-0.4, -0.2) is 51.9 Å². The molecule has 0 aromatic carbocycles. The second kappa shape index (κ2) is 8.34. The fourth-order valence-corrected chi connectivity index (χ4v) is 6.84. The zero-order valence-corrected chi connectivity index (χ0v) is 18.6. The van der Waals surface area contributed by atoms with Crippen molar-refractivity contribution < 1.29 is 9.59 Å². The molecule has 5 heteroatoms. The van der Waals surface area contributed by atoms with Crippen LogP contribution in [0.5, 0.6) is 0 Å². The van der Waals surface area contributed by atoms with Crippen molar-refractivity contribution in [2.24, 2.45) is 17.3 Å². The predicted molar refractivity (Wildman–Crippen MR) is 113 cm³/mol. The average molecular weight is 395 g/mol. The Balaban J connectivity index is 1.54. The van der Waals surface area contributed by atoms with Gasteiger partial charge in [-0.25, -0.2) is 0 Å². The Bertz CT molecular complexity index is 543. The van der Waals surface area contributed by atoms with Crippen molar-refractivity contribution in [3.63, 3.8) is 0 Å². The van der Waals surface area contributed by atoms with Crippen LogP contribution in [0.1, 0.15) is 79.1 Å². The average Bonchev–Trinajstić information content (AvgIpc) is 3.23. The van der Waals surface area contributed by atoms with Crippen molar-refractivity contribution in [3.8, 4) is 0 Å². The maximum absolute atomic E-state index is 13.0. The molecule has 1 spiro atoms. The van der Waals surface area contributed by atoms with E-state index in [4.69, 9.17) is 0 Å². The summed E-state index contributed by atoms with van der Waals surface area (Å²) in [6.07, 6.45) is 8.18. The number of thioether (sulfide) groups is 1. The van der Waals surface area contributed by atoms with Gasteiger partial charge in [0.05, 0.1) is 4.87 Å². The molecule has 3 fully saturated rings. The van der Waals surface area contributed by atoms with E-state index in [0.29, 0.717) is 24.2 Å². The SMILES string of the molecule is C[C@H](CC(=O)N1CCC2(CC1)SCCN2C(=O)C1CCCC1)CC(C)(C)C. The summed E-state index contributed by atoms with van der Waals surface area (Å²) in [5, 5.41) is 0. The van der Waals surface area contributed by atoms with E-state index in [1.807, 2.05) is 11.8 Å². The second-order valence-electron chi connectivity index (χ2n) is 10.2. The lowest BCUT2D eigenvalue weighted by molar-refractivity contribution is -0.140. The van der Waals surface area contributed by atoms with Gasteiger partial charge in [0, 0.05) is 37.7 Å². The monoisotopic (exact) mass is 394 g/mol. The van der Waals surface area contributed by atoms with Crippen molar-refractivity contribution in [2.45, 2.75) is 83.9 Å². The molecule has 3 aliphatic rings. The van der Waals surface area contributed by atoms with Crippen molar-refractivity contribution >= 4 is 23.6 Å².